The van der Waals surface area contributed by atoms with Crippen molar-refractivity contribution in [3.63, 3.8) is 0 Å². The van der Waals surface area contributed by atoms with Crippen LogP contribution in [0.3, 0.4) is 0 Å². The largest absolute Gasteiger partial charge is 0.508 e. The normalized spacial score (nSPS) is 23.4. The molecule has 0 bridgehead atoms. The van der Waals surface area contributed by atoms with E-state index in [0.29, 0.717) is 13.1 Å². The van der Waals surface area contributed by atoms with Crippen molar-refractivity contribution in [2.45, 2.75) is 19.8 Å². The third-order valence-corrected chi connectivity index (χ3v) is 3.63. The van der Waals surface area contributed by atoms with E-state index in [1.165, 1.54) is 12.1 Å². The predicted octanol–water partition coefficient (Wildman–Crippen LogP) is 1.77. The van der Waals surface area contributed by atoms with Crippen molar-refractivity contribution in [3.05, 3.63) is 29.6 Å². The second kappa shape index (κ2) is 5.17. The molecule has 1 aliphatic heterocycles. The van der Waals surface area contributed by atoms with Crippen molar-refractivity contribution in [1.29, 1.82) is 0 Å². The van der Waals surface area contributed by atoms with Crippen LogP contribution in [0.4, 0.5) is 4.39 Å². The Bertz CT molecular complexity index is 492. The fraction of sp³-hybridized carbons (Fsp3) is 0.500. The van der Waals surface area contributed by atoms with Crippen LogP contribution in [-0.4, -0.2) is 40.7 Å². The molecule has 2 rings (SSSR count). The van der Waals surface area contributed by atoms with Gasteiger partial charge in [-0.2, -0.15) is 0 Å². The van der Waals surface area contributed by atoms with Gasteiger partial charge in [0.1, 0.15) is 11.6 Å². The number of nitrogens with zero attached hydrogens (tertiary/aromatic N) is 1. The van der Waals surface area contributed by atoms with Gasteiger partial charge in [0.15, 0.2) is 0 Å². The van der Waals surface area contributed by atoms with E-state index >= 15 is 0 Å². The van der Waals surface area contributed by atoms with Gasteiger partial charge in [-0.1, -0.05) is 6.92 Å². The lowest BCUT2D eigenvalue weighted by Gasteiger charge is -2.39. The Balaban J connectivity index is 2.19. The van der Waals surface area contributed by atoms with E-state index in [1.54, 1.807) is 4.90 Å². The van der Waals surface area contributed by atoms with Crippen LogP contribution < -0.4 is 0 Å². The first-order valence-corrected chi connectivity index (χ1v) is 6.34. The van der Waals surface area contributed by atoms with Crippen molar-refractivity contribution < 1.29 is 19.4 Å². The van der Waals surface area contributed by atoms with Gasteiger partial charge in [-0.25, -0.2) is 4.39 Å². The first-order valence-electron chi connectivity index (χ1n) is 6.34. The van der Waals surface area contributed by atoms with E-state index < -0.39 is 11.7 Å². The number of amides is 1. The summed E-state index contributed by atoms with van der Waals surface area (Å²) >= 11 is 0. The molecule has 1 atom stereocenters. The number of aliphatic hydroxyl groups is 1. The summed E-state index contributed by atoms with van der Waals surface area (Å²) < 4.78 is 13.7. The second-order valence-electron chi connectivity index (χ2n) is 5.46. The summed E-state index contributed by atoms with van der Waals surface area (Å²) in [5.74, 6) is -1.31. The topological polar surface area (TPSA) is 60.8 Å². The highest BCUT2D eigenvalue weighted by Gasteiger charge is 2.33. The number of hydrogen-bond acceptors (Lipinski definition) is 3. The number of carbonyl (C=O) groups excluding carboxylic acids is 1. The third-order valence-electron chi connectivity index (χ3n) is 3.63. The van der Waals surface area contributed by atoms with Crippen LogP contribution in [0.1, 0.15) is 30.1 Å². The number of benzene rings is 1. The molecule has 1 saturated heterocycles. The number of aromatic hydroxyl groups is 1. The van der Waals surface area contributed by atoms with E-state index in [-0.39, 0.29) is 23.3 Å². The average Bonchev–Trinajstić information content (AvgIpc) is 2.38. The number of phenols is 1. The zero-order valence-electron chi connectivity index (χ0n) is 10.9. The molecule has 1 fully saturated rings. The lowest BCUT2D eigenvalue weighted by atomic mass is 9.82. The fourth-order valence-corrected chi connectivity index (χ4v) is 2.47. The van der Waals surface area contributed by atoms with Crippen molar-refractivity contribution in [1.82, 2.24) is 4.90 Å². The zero-order chi connectivity index (χ0) is 14.0. The Morgan fingerprint density at radius 3 is 2.89 bits per heavy atom. The first kappa shape index (κ1) is 13.8. The summed E-state index contributed by atoms with van der Waals surface area (Å²) in [7, 11) is 0. The van der Waals surface area contributed by atoms with Gasteiger partial charge in [0.05, 0.1) is 12.2 Å². The molecule has 0 aliphatic carbocycles. The Kier molecular flexibility index (Phi) is 3.75. The SMILES string of the molecule is C[C@@]1(CO)CCCN(C(=O)c2ccc(O)cc2F)C1. The number of phenolic OH excluding ortho intramolecular Hbond substituents is 1. The lowest BCUT2D eigenvalue weighted by molar-refractivity contribution is 0.0354. The zero-order valence-corrected chi connectivity index (χ0v) is 10.9. The minimum Gasteiger partial charge on any atom is -0.508 e. The highest BCUT2D eigenvalue weighted by molar-refractivity contribution is 5.94. The number of likely N-dealkylation sites (tertiary alicyclic amines) is 1. The predicted molar refractivity (Wildman–Crippen MR) is 68.4 cm³/mol. The van der Waals surface area contributed by atoms with Gasteiger partial charge >= 0.3 is 0 Å². The molecule has 1 aromatic carbocycles. The fourth-order valence-electron chi connectivity index (χ4n) is 2.47. The lowest BCUT2D eigenvalue weighted by Crippen LogP contribution is -2.46. The van der Waals surface area contributed by atoms with Crippen LogP contribution in [0.5, 0.6) is 5.75 Å². The van der Waals surface area contributed by atoms with Gasteiger partial charge in [-0.05, 0) is 25.0 Å². The highest BCUT2D eigenvalue weighted by atomic mass is 19.1. The third kappa shape index (κ3) is 2.87. The summed E-state index contributed by atoms with van der Waals surface area (Å²) in [5.41, 5.74) is -0.360. The van der Waals surface area contributed by atoms with Crippen LogP contribution in [0.2, 0.25) is 0 Å². The highest BCUT2D eigenvalue weighted by Crippen LogP contribution is 2.30. The summed E-state index contributed by atoms with van der Waals surface area (Å²) in [6.45, 7) is 2.91. The van der Waals surface area contributed by atoms with Crippen molar-refractivity contribution >= 4 is 5.91 Å². The maximum atomic E-state index is 13.7. The maximum absolute atomic E-state index is 13.7. The van der Waals surface area contributed by atoms with E-state index in [1.807, 2.05) is 6.92 Å². The molecule has 0 aromatic heterocycles. The van der Waals surface area contributed by atoms with Crippen molar-refractivity contribution in [2.75, 3.05) is 19.7 Å². The van der Waals surface area contributed by atoms with Gasteiger partial charge in [-0.15, -0.1) is 0 Å². The minimum absolute atomic E-state index is 0.00877. The molecular weight excluding hydrogens is 249 g/mol. The minimum atomic E-state index is -0.721. The van der Waals surface area contributed by atoms with E-state index in [4.69, 9.17) is 5.11 Å². The van der Waals surface area contributed by atoms with E-state index in [2.05, 4.69) is 0 Å². The molecule has 0 unspecified atom stereocenters. The summed E-state index contributed by atoms with van der Waals surface area (Å²) in [4.78, 5) is 13.8. The van der Waals surface area contributed by atoms with Crippen LogP contribution in [0, 0.1) is 11.2 Å². The second-order valence-corrected chi connectivity index (χ2v) is 5.46. The van der Waals surface area contributed by atoms with Crippen LogP contribution in [0.15, 0.2) is 18.2 Å². The van der Waals surface area contributed by atoms with Crippen LogP contribution in [0.25, 0.3) is 0 Å². The van der Waals surface area contributed by atoms with Gasteiger partial charge in [0.2, 0.25) is 0 Å². The summed E-state index contributed by atoms with van der Waals surface area (Å²) in [5, 5.41) is 18.5. The molecule has 2 N–H and O–H groups in total. The van der Waals surface area contributed by atoms with Crippen LogP contribution >= 0.6 is 0 Å². The number of aliphatic hydroxyl groups excluding tert-OH is 1. The van der Waals surface area contributed by atoms with Gasteiger partial charge in [-0.3, -0.25) is 4.79 Å². The Hall–Kier alpha value is -1.62. The quantitative estimate of drug-likeness (QED) is 0.858. The number of carbonyl (C=O) groups is 1. The molecule has 1 amide bonds. The molecule has 0 spiro atoms. The summed E-state index contributed by atoms with van der Waals surface area (Å²) in [6.07, 6.45) is 1.65. The molecule has 0 saturated carbocycles. The molecule has 1 aliphatic rings. The van der Waals surface area contributed by atoms with Gasteiger partial charge < -0.3 is 15.1 Å². The van der Waals surface area contributed by atoms with Crippen LogP contribution in [-0.2, 0) is 0 Å². The Morgan fingerprint density at radius 1 is 1.53 bits per heavy atom. The monoisotopic (exact) mass is 267 g/mol. The number of rotatable bonds is 2. The molecule has 5 heteroatoms. The van der Waals surface area contributed by atoms with Crippen molar-refractivity contribution in [3.8, 4) is 5.75 Å². The van der Waals surface area contributed by atoms with E-state index in [0.717, 1.165) is 18.9 Å². The Morgan fingerprint density at radius 2 is 2.26 bits per heavy atom. The number of piperidine rings is 1. The standard InChI is InChI=1S/C14H18FNO3/c1-14(9-17)5-2-6-16(8-14)13(19)11-4-3-10(18)7-12(11)15/h3-4,7,17-18H,2,5-6,8-9H2,1H3/t14-/m1/s1. The molecule has 4 nitrogen and oxygen atoms in total. The first-order chi connectivity index (χ1) is 8.95. The molecule has 0 radical (unpaired) electrons. The molecule has 1 heterocycles. The number of hydrogen-bond donors (Lipinski definition) is 2. The smallest absolute Gasteiger partial charge is 0.256 e. The Labute approximate surface area is 111 Å². The van der Waals surface area contributed by atoms with Gasteiger partial charge in [0.25, 0.3) is 5.91 Å². The molecule has 1 aromatic rings. The number of halogens is 1. The average molecular weight is 267 g/mol. The van der Waals surface area contributed by atoms with Gasteiger partial charge in [0, 0.05) is 24.6 Å². The molecular formula is C14H18FNO3. The van der Waals surface area contributed by atoms with E-state index in [9.17, 15) is 14.3 Å². The maximum Gasteiger partial charge on any atom is 0.256 e. The summed E-state index contributed by atoms with van der Waals surface area (Å²) in [6, 6.07) is 3.52. The molecule has 19 heavy (non-hydrogen) atoms. The van der Waals surface area contributed by atoms with Crippen molar-refractivity contribution in [2.24, 2.45) is 5.41 Å². The molecule has 104 valence electrons.